The van der Waals surface area contributed by atoms with Crippen LogP contribution < -0.4 is 10.4 Å². The zero-order chi connectivity index (χ0) is 17.2. The maximum Gasteiger partial charge on any atom is 0.323 e. The zero-order valence-electron chi connectivity index (χ0n) is 12.8. The molecule has 0 unspecified atom stereocenters. The van der Waals surface area contributed by atoms with Crippen molar-refractivity contribution in [2.24, 2.45) is 0 Å². The fourth-order valence-corrected chi connectivity index (χ4v) is 4.09. The Morgan fingerprint density at radius 1 is 1.29 bits per heavy atom. The lowest BCUT2D eigenvalue weighted by Gasteiger charge is -2.06. The average Bonchev–Trinajstić information content (AvgIpc) is 3.12. The number of aromatic amines is 2. The van der Waals surface area contributed by atoms with E-state index in [1.807, 2.05) is 5.38 Å². The highest BCUT2D eigenvalue weighted by Crippen LogP contribution is 2.15. The van der Waals surface area contributed by atoms with Crippen molar-refractivity contribution in [1.82, 2.24) is 19.7 Å². The maximum atomic E-state index is 12.3. The van der Waals surface area contributed by atoms with Crippen molar-refractivity contribution in [3.8, 4) is 0 Å². The summed E-state index contributed by atoms with van der Waals surface area (Å²) >= 11 is 1.48. The van der Waals surface area contributed by atoms with Gasteiger partial charge in [0.15, 0.2) is 0 Å². The molecule has 1 aromatic carbocycles. The van der Waals surface area contributed by atoms with Crippen LogP contribution in [0.25, 0.3) is 11.0 Å². The van der Waals surface area contributed by atoms with E-state index in [0.717, 1.165) is 10.7 Å². The molecule has 0 bridgehead atoms. The monoisotopic (exact) mass is 368 g/mol. The minimum absolute atomic E-state index is 0.101. The molecule has 8 nitrogen and oxygen atoms in total. The van der Waals surface area contributed by atoms with E-state index in [4.69, 9.17) is 4.74 Å². The van der Waals surface area contributed by atoms with Crippen molar-refractivity contribution in [3.63, 3.8) is 0 Å². The van der Waals surface area contributed by atoms with Crippen LogP contribution in [0.4, 0.5) is 0 Å². The Labute approximate surface area is 142 Å². The van der Waals surface area contributed by atoms with Gasteiger partial charge in [-0.2, -0.15) is 0 Å². The van der Waals surface area contributed by atoms with Gasteiger partial charge >= 0.3 is 5.69 Å². The molecular formula is C14H16N4O4S2. The summed E-state index contributed by atoms with van der Waals surface area (Å²) in [7, 11) is -2.05. The number of aromatic nitrogens is 3. The fourth-order valence-electron chi connectivity index (χ4n) is 2.23. The minimum Gasteiger partial charge on any atom is -0.378 e. The number of H-pyrrole nitrogens is 2. The van der Waals surface area contributed by atoms with Gasteiger partial charge in [0.1, 0.15) is 5.01 Å². The largest absolute Gasteiger partial charge is 0.378 e. The molecule has 2 heterocycles. The second-order valence-electron chi connectivity index (χ2n) is 5.10. The summed E-state index contributed by atoms with van der Waals surface area (Å²) in [5.74, 6) is 0. The predicted octanol–water partition coefficient (Wildman–Crippen LogP) is 0.980. The quantitative estimate of drug-likeness (QED) is 0.575. The number of rotatable bonds is 7. The molecule has 10 heteroatoms. The molecule has 0 aliphatic carbocycles. The van der Waals surface area contributed by atoms with Crippen molar-refractivity contribution >= 4 is 32.4 Å². The van der Waals surface area contributed by atoms with Crippen LogP contribution >= 0.6 is 11.3 Å². The molecule has 0 saturated carbocycles. The molecular weight excluding hydrogens is 352 g/mol. The van der Waals surface area contributed by atoms with E-state index in [1.54, 1.807) is 13.2 Å². The number of nitrogens with zero attached hydrogens (tertiary/aromatic N) is 1. The van der Waals surface area contributed by atoms with E-state index in [9.17, 15) is 13.2 Å². The van der Waals surface area contributed by atoms with Crippen molar-refractivity contribution < 1.29 is 13.2 Å². The molecule has 24 heavy (non-hydrogen) atoms. The molecule has 128 valence electrons. The van der Waals surface area contributed by atoms with E-state index < -0.39 is 10.0 Å². The van der Waals surface area contributed by atoms with Gasteiger partial charge in [-0.15, -0.1) is 11.3 Å². The predicted molar refractivity (Wildman–Crippen MR) is 90.6 cm³/mol. The Hall–Kier alpha value is -2.01. The molecule has 0 radical (unpaired) electrons. The van der Waals surface area contributed by atoms with Gasteiger partial charge in [0.2, 0.25) is 10.0 Å². The Bertz CT molecular complexity index is 1000. The summed E-state index contributed by atoms with van der Waals surface area (Å²) in [5.41, 5.74) is 1.46. The Balaban J connectivity index is 1.66. The van der Waals surface area contributed by atoms with Crippen LogP contribution in [0.2, 0.25) is 0 Å². The zero-order valence-corrected chi connectivity index (χ0v) is 14.5. The number of benzene rings is 1. The van der Waals surface area contributed by atoms with Gasteiger partial charge in [-0.25, -0.2) is 22.9 Å². The van der Waals surface area contributed by atoms with Crippen LogP contribution in [0.1, 0.15) is 10.7 Å². The number of sulfonamides is 1. The molecule has 2 aromatic heterocycles. The highest BCUT2D eigenvalue weighted by atomic mass is 32.2. The van der Waals surface area contributed by atoms with Gasteiger partial charge in [0.25, 0.3) is 0 Å². The summed E-state index contributed by atoms with van der Waals surface area (Å²) in [5, 5.41) is 2.75. The molecule has 0 aliphatic rings. The molecule has 0 fully saturated rings. The van der Waals surface area contributed by atoms with Gasteiger partial charge in [-0.1, -0.05) is 0 Å². The van der Waals surface area contributed by atoms with Gasteiger partial charge < -0.3 is 14.7 Å². The first-order valence-electron chi connectivity index (χ1n) is 7.12. The lowest BCUT2D eigenvalue weighted by atomic mass is 10.3. The number of thiazole rings is 1. The lowest BCUT2D eigenvalue weighted by molar-refractivity contribution is 0.184. The Kier molecular flexibility index (Phi) is 4.81. The topological polar surface area (TPSA) is 117 Å². The summed E-state index contributed by atoms with van der Waals surface area (Å²) in [6, 6.07) is 4.43. The SMILES string of the molecule is COCc1nc(CCNS(=O)(=O)c2ccc3[nH]c(=O)[nH]c3c2)cs1. The van der Waals surface area contributed by atoms with E-state index in [-0.39, 0.29) is 17.1 Å². The third-order valence-corrected chi connectivity index (χ3v) is 5.67. The molecule has 0 amide bonds. The fraction of sp³-hybridized carbons (Fsp3) is 0.286. The number of hydrogen-bond acceptors (Lipinski definition) is 6. The molecule has 3 rings (SSSR count). The summed E-state index contributed by atoms with van der Waals surface area (Å²) < 4.78 is 32.2. The Morgan fingerprint density at radius 3 is 2.88 bits per heavy atom. The van der Waals surface area contributed by atoms with Crippen LogP contribution in [-0.4, -0.2) is 37.0 Å². The average molecular weight is 368 g/mol. The molecule has 0 aliphatic heterocycles. The Morgan fingerprint density at radius 2 is 2.08 bits per heavy atom. The van der Waals surface area contributed by atoms with Crippen molar-refractivity contribution in [2.75, 3.05) is 13.7 Å². The minimum atomic E-state index is -3.65. The highest BCUT2D eigenvalue weighted by Gasteiger charge is 2.15. The van der Waals surface area contributed by atoms with E-state index >= 15 is 0 Å². The molecule has 3 N–H and O–H groups in total. The summed E-state index contributed by atoms with van der Waals surface area (Å²) in [6.45, 7) is 0.686. The molecule has 3 aromatic rings. The number of hydrogen-bond donors (Lipinski definition) is 3. The van der Waals surface area contributed by atoms with Crippen LogP contribution in [0.15, 0.2) is 33.3 Å². The number of nitrogens with one attached hydrogen (secondary N) is 3. The van der Waals surface area contributed by atoms with Gasteiger partial charge in [0, 0.05) is 25.5 Å². The number of ether oxygens (including phenoxy) is 1. The van der Waals surface area contributed by atoms with Crippen molar-refractivity contribution in [2.45, 2.75) is 17.9 Å². The third kappa shape index (κ3) is 3.73. The number of methoxy groups -OCH3 is 1. The highest BCUT2D eigenvalue weighted by molar-refractivity contribution is 7.89. The van der Waals surface area contributed by atoms with Crippen LogP contribution in [0, 0.1) is 0 Å². The summed E-state index contributed by atoms with van der Waals surface area (Å²) in [6.07, 6.45) is 0.489. The lowest BCUT2D eigenvalue weighted by Crippen LogP contribution is -2.26. The van der Waals surface area contributed by atoms with Gasteiger partial charge in [-0.05, 0) is 18.2 Å². The summed E-state index contributed by atoms with van der Waals surface area (Å²) in [4.78, 5) is 20.8. The van der Waals surface area contributed by atoms with Gasteiger partial charge in [-0.3, -0.25) is 0 Å². The molecule has 0 spiro atoms. The van der Waals surface area contributed by atoms with Crippen LogP contribution in [0.3, 0.4) is 0 Å². The van der Waals surface area contributed by atoms with E-state index in [1.165, 1.54) is 23.5 Å². The standard InChI is InChI=1S/C14H16N4O4S2/c1-22-7-13-16-9(8-23-13)4-5-15-24(20,21)10-2-3-11-12(6-10)18-14(19)17-11/h2-3,6,8,15H,4-5,7H2,1H3,(H2,17,18,19). The van der Waals surface area contributed by atoms with Crippen molar-refractivity contribution in [1.29, 1.82) is 0 Å². The second-order valence-corrected chi connectivity index (χ2v) is 7.81. The van der Waals surface area contributed by atoms with Crippen molar-refractivity contribution in [3.05, 3.63) is 44.8 Å². The number of imidazole rings is 1. The number of fused-ring (bicyclic) bond motifs is 1. The molecule has 0 atom stereocenters. The van der Waals surface area contributed by atoms with E-state index in [2.05, 4.69) is 19.7 Å². The van der Waals surface area contributed by atoms with Gasteiger partial charge in [0.05, 0.1) is 28.2 Å². The first kappa shape index (κ1) is 16.8. The molecule has 0 saturated heterocycles. The second kappa shape index (κ2) is 6.85. The first-order chi connectivity index (χ1) is 11.5. The van der Waals surface area contributed by atoms with Crippen LogP contribution in [-0.2, 0) is 27.8 Å². The smallest absolute Gasteiger partial charge is 0.323 e. The van der Waals surface area contributed by atoms with E-state index in [0.29, 0.717) is 24.1 Å². The normalized spacial score (nSPS) is 12.0. The maximum absolute atomic E-state index is 12.3. The van der Waals surface area contributed by atoms with Crippen LogP contribution in [0.5, 0.6) is 0 Å². The first-order valence-corrected chi connectivity index (χ1v) is 9.48. The third-order valence-electron chi connectivity index (χ3n) is 3.34.